The predicted molar refractivity (Wildman–Crippen MR) is 93.8 cm³/mol. The fourth-order valence-electron chi connectivity index (χ4n) is 2.93. The Morgan fingerprint density at radius 1 is 0.957 bits per heavy atom. The molecule has 0 bridgehead atoms. The largest absolute Gasteiger partial charge is 0.265 e. The number of sulfonamides is 1. The third-order valence-corrected chi connectivity index (χ3v) is 6.40. The van der Waals surface area contributed by atoms with Crippen molar-refractivity contribution < 1.29 is 8.42 Å². The summed E-state index contributed by atoms with van der Waals surface area (Å²) in [5.74, 6) is 0. The average molecular weight is 364 g/mol. The second-order valence-corrected chi connectivity index (χ2v) is 8.05. The van der Waals surface area contributed by atoms with Gasteiger partial charge in [-0.25, -0.2) is 8.42 Å². The van der Waals surface area contributed by atoms with Crippen molar-refractivity contribution in [1.29, 1.82) is 0 Å². The molecule has 1 aliphatic rings. The number of hydrogen-bond donors (Lipinski definition) is 0. The third kappa shape index (κ3) is 2.21. The first-order valence-electron chi connectivity index (χ1n) is 6.97. The Labute approximate surface area is 144 Å². The van der Waals surface area contributed by atoms with Crippen LogP contribution in [-0.4, -0.2) is 8.42 Å². The summed E-state index contributed by atoms with van der Waals surface area (Å²) in [6, 6.07) is 16.0. The van der Waals surface area contributed by atoms with Gasteiger partial charge in [-0.3, -0.25) is 4.31 Å². The second-order valence-electron chi connectivity index (χ2n) is 5.38. The first kappa shape index (κ1) is 14.8. The van der Waals surface area contributed by atoms with Gasteiger partial charge in [0.15, 0.2) is 0 Å². The number of nitrogens with zero attached hydrogens (tertiary/aromatic N) is 1. The van der Waals surface area contributed by atoms with Gasteiger partial charge in [0.05, 0.1) is 17.1 Å². The van der Waals surface area contributed by atoms with Gasteiger partial charge in [0.2, 0.25) is 0 Å². The topological polar surface area (TPSA) is 37.4 Å². The lowest BCUT2D eigenvalue weighted by molar-refractivity contribution is 0.593. The van der Waals surface area contributed by atoms with Crippen molar-refractivity contribution in [3.05, 3.63) is 70.2 Å². The van der Waals surface area contributed by atoms with Gasteiger partial charge in [0, 0.05) is 15.4 Å². The lowest BCUT2D eigenvalue weighted by Crippen LogP contribution is -2.26. The molecule has 1 heterocycles. The number of halogens is 2. The van der Waals surface area contributed by atoms with E-state index in [-0.39, 0.29) is 6.54 Å². The van der Waals surface area contributed by atoms with Crippen LogP contribution in [0.5, 0.6) is 0 Å². The van der Waals surface area contributed by atoms with Crippen LogP contribution in [0.25, 0.3) is 10.8 Å². The van der Waals surface area contributed by atoms with Gasteiger partial charge in [-0.05, 0) is 35.2 Å². The maximum absolute atomic E-state index is 12.9. The second kappa shape index (κ2) is 5.13. The number of rotatable bonds is 2. The molecule has 0 unspecified atom stereocenters. The Balaban J connectivity index is 1.89. The molecule has 4 rings (SSSR count). The minimum Gasteiger partial charge on any atom is -0.261 e. The highest BCUT2D eigenvalue weighted by molar-refractivity contribution is 7.93. The summed E-state index contributed by atoms with van der Waals surface area (Å²) in [7, 11) is -3.58. The molecule has 3 nitrogen and oxygen atoms in total. The smallest absolute Gasteiger partial charge is 0.261 e. The van der Waals surface area contributed by atoms with Gasteiger partial charge in [-0.2, -0.15) is 0 Å². The molecule has 116 valence electrons. The minimum atomic E-state index is -3.58. The van der Waals surface area contributed by atoms with Gasteiger partial charge < -0.3 is 0 Å². The van der Waals surface area contributed by atoms with E-state index < -0.39 is 10.0 Å². The molecule has 6 heteroatoms. The van der Waals surface area contributed by atoms with E-state index in [0.717, 1.165) is 10.8 Å². The molecule has 0 fully saturated rings. The molecule has 3 aromatic carbocycles. The maximum Gasteiger partial charge on any atom is 0.265 e. The zero-order valence-corrected chi connectivity index (χ0v) is 14.2. The van der Waals surface area contributed by atoms with Crippen LogP contribution in [0.2, 0.25) is 10.0 Å². The lowest BCUT2D eigenvalue weighted by Gasteiger charge is -2.19. The Morgan fingerprint density at radius 3 is 2.43 bits per heavy atom. The van der Waals surface area contributed by atoms with Crippen molar-refractivity contribution in [2.24, 2.45) is 0 Å². The molecule has 0 aromatic heterocycles. The van der Waals surface area contributed by atoms with E-state index in [1.807, 2.05) is 24.3 Å². The summed E-state index contributed by atoms with van der Waals surface area (Å²) in [5, 5.41) is 2.65. The summed E-state index contributed by atoms with van der Waals surface area (Å²) < 4.78 is 27.2. The molecule has 3 aromatic rings. The van der Waals surface area contributed by atoms with E-state index >= 15 is 0 Å². The highest BCUT2D eigenvalue weighted by atomic mass is 35.5. The van der Waals surface area contributed by atoms with Crippen molar-refractivity contribution in [1.82, 2.24) is 0 Å². The number of anilines is 1. The zero-order valence-electron chi connectivity index (χ0n) is 11.8. The van der Waals surface area contributed by atoms with Gasteiger partial charge in [0.25, 0.3) is 10.0 Å². The van der Waals surface area contributed by atoms with Crippen LogP contribution in [0, 0.1) is 0 Å². The molecule has 0 atom stereocenters. The fourth-order valence-corrected chi connectivity index (χ4v) is 5.09. The molecule has 1 aliphatic heterocycles. The van der Waals surface area contributed by atoms with Crippen molar-refractivity contribution in [3.63, 3.8) is 0 Å². The standard InChI is InChI=1S/C17H11Cl2NO2S/c18-13-8-7-12(14(19)9-13)10-20-15-5-1-3-11-4-2-6-16(17(11)15)23(20,21)22/h1-9H,10H2. The predicted octanol–water partition coefficient (Wildman–Crippen LogP) is 4.86. The van der Waals surface area contributed by atoms with Crippen LogP contribution in [0.15, 0.2) is 59.5 Å². The van der Waals surface area contributed by atoms with Crippen LogP contribution in [0.3, 0.4) is 0 Å². The Bertz CT molecular complexity index is 1040. The molecule has 23 heavy (non-hydrogen) atoms. The average Bonchev–Trinajstić information content (AvgIpc) is 2.73. The van der Waals surface area contributed by atoms with E-state index in [2.05, 4.69) is 0 Å². The van der Waals surface area contributed by atoms with Crippen molar-refractivity contribution >= 4 is 49.7 Å². The normalized spacial score (nSPS) is 15.3. The highest BCUT2D eigenvalue weighted by Crippen LogP contribution is 2.43. The molecule has 0 amide bonds. The number of hydrogen-bond acceptors (Lipinski definition) is 2. The highest BCUT2D eigenvalue weighted by Gasteiger charge is 2.35. The lowest BCUT2D eigenvalue weighted by atomic mass is 10.1. The monoisotopic (exact) mass is 363 g/mol. The van der Waals surface area contributed by atoms with Gasteiger partial charge in [0.1, 0.15) is 0 Å². The van der Waals surface area contributed by atoms with E-state index in [1.165, 1.54) is 4.31 Å². The van der Waals surface area contributed by atoms with Crippen LogP contribution in [0.4, 0.5) is 5.69 Å². The van der Waals surface area contributed by atoms with Crippen molar-refractivity contribution in [2.75, 3.05) is 4.31 Å². The first-order valence-corrected chi connectivity index (χ1v) is 9.16. The summed E-state index contributed by atoms with van der Waals surface area (Å²) in [6.07, 6.45) is 0. The molecule has 0 radical (unpaired) electrons. The first-order chi connectivity index (χ1) is 11.0. The Morgan fingerprint density at radius 2 is 1.70 bits per heavy atom. The van der Waals surface area contributed by atoms with Gasteiger partial charge >= 0.3 is 0 Å². The zero-order chi connectivity index (χ0) is 16.2. The quantitative estimate of drug-likeness (QED) is 0.652. The molecule has 0 aliphatic carbocycles. The number of benzene rings is 3. The van der Waals surface area contributed by atoms with Crippen LogP contribution < -0.4 is 4.31 Å². The third-order valence-electron chi connectivity index (χ3n) is 4.01. The summed E-state index contributed by atoms with van der Waals surface area (Å²) in [6.45, 7) is 0.173. The molecule has 0 saturated heterocycles. The van der Waals surface area contributed by atoms with E-state index in [1.54, 1.807) is 30.3 Å². The van der Waals surface area contributed by atoms with Crippen LogP contribution in [0.1, 0.15) is 5.56 Å². The SMILES string of the molecule is O=S1(=O)c2cccc3cccc(c23)N1Cc1ccc(Cl)cc1Cl. The van der Waals surface area contributed by atoms with E-state index in [4.69, 9.17) is 23.2 Å². The summed E-state index contributed by atoms with van der Waals surface area (Å²) in [5.41, 5.74) is 1.40. The van der Waals surface area contributed by atoms with Crippen LogP contribution in [-0.2, 0) is 16.6 Å². The minimum absolute atomic E-state index is 0.173. The molecule has 0 N–H and O–H groups in total. The van der Waals surface area contributed by atoms with E-state index in [9.17, 15) is 8.42 Å². The van der Waals surface area contributed by atoms with Crippen molar-refractivity contribution in [3.8, 4) is 0 Å². The summed E-state index contributed by atoms with van der Waals surface area (Å²) >= 11 is 12.1. The van der Waals surface area contributed by atoms with E-state index in [0.29, 0.717) is 26.2 Å². The Kier molecular flexibility index (Phi) is 3.30. The summed E-state index contributed by atoms with van der Waals surface area (Å²) in [4.78, 5) is 0.343. The fraction of sp³-hybridized carbons (Fsp3) is 0.0588. The van der Waals surface area contributed by atoms with Crippen molar-refractivity contribution in [2.45, 2.75) is 11.4 Å². The molecular weight excluding hydrogens is 353 g/mol. The van der Waals surface area contributed by atoms with Crippen LogP contribution >= 0.6 is 23.2 Å². The van der Waals surface area contributed by atoms with Gasteiger partial charge in [-0.15, -0.1) is 0 Å². The molecule has 0 saturated carbocycles. The molecule has 0 spiro atoms. The maximum atomic E-state index is 12.9. The Hall–Kier alpha value is -1.75. The van der Waals surface area contributed by atoms with Gasteiger partial charge in [-0.1, -0.05) is 53.5 Å². The molecular formula is C17H11Cl2NO2S.